The molecule has 2 aromatic rings. The summed E-state index contributed by atoms with van der Waals surface area (Å²) in [6, 6.07) is 7.96. The van der Waals surface area contributed by atoms with E-state index < -0.39 is 23.2 Å². The second-order valence-electron chi connectivity index (χ2n) is 5.91. The van der Waals surface area contributed by atoms with Crippen molar-refractivity contribution in [3.05, 3.63) is 51.6 Å². The highest BCUT2D eigenvalue weighted by atomic mass is 35.5. The van der Waals surface area contributed by atoms with Crippen molar-refractivity contribution in [2.75, 3.05) is 7.11 Å². The van der Waals surface area contributed by atoms with Crippen molar-refractivity contribution in [2.45, 2.75) is 19.9 Å². The molecule has 1 atom stereocenters. The molecule has 0 bridgehead atoms. The van der Waals surface area contributed by atoms with Crippen LogP contribution in [0.5, 0.6) is 0 Å². The second-order valence-corrected chi connectivity index (χ2v) is 7.34. The van der Waals surface area contributed by atoms with Crippen molar-refractivity contribution in [1.82, 2.24) is 4.90 Å². The monoisotopic (exact) mass is 405 g/mol. The summed E-state index contributed by atoms with van der Waals surface area (Å²) < 4.78 is 10.4. The number of halogens is 1. The molecule has 0 N–H and O–H groups in total. The minimum Gasteiger partial charge on any atom is -0.467 e. The molecule has 1 aromatic carbocycles. The molecule has 2 amide bonds. The van der Waals surface area contributed by atoms with Crippen LogP contribution in [0.2, 0.25) is 5.02 Å². The first kappa shape index (κ1) is 19.3. The van der Waals surface area contributed by atoms with Crippen LogP contribution >= 0.6 is 23.4 Å². The van der Waals surface area contributed by atoms with E-state index in [1.165, 1.54) is 20.1 Å². The molecule has 0 saturated carbocycles. The van der Waals surface area contributed by atoms with Crippen molar-refractivity contribution in [2.24, 2.45) is 0 Å². The van der Waals surface area contributed by atoms with Crippen molar-refractivity contribution in [1.29, 1.82) is 0 Å². The van der Waals surface area contributed by atoms with Crippen molar-refractivity contribution < 1.29 is 23.5 Å². The van der Waals surface area contributed by atoms with E-state index in [-0.39, 0.29) is 4.91 Å². The first-order valence-electron chi connectivity index (χ1n) is 8.03. The number of imide groups is 1. The maximum Gasteiger partial charge on any atom is 0.328 e. The van der Waals surface area contributed by atoms with Gasteiger partial charge in [-0.05, 0) is 55.4 Å². The molecule has 27 heavy (non-hydrogen) atoms. The predicted molar refractivity (Wildman–Crippen MR) is 103 cm³/mol. The van der Waals surface area contributed by atoms with Gasteiger partial charge in [0, 0.05) is 16.7 Å². The van der Waals surface area contributed by atoms with Gasteiger partial charge in [-0.15, -0.1) is 0 Å². The summed E-state index contributed by atoms with van der Waals surface area (Å²) in [6.45, 7) is 3.38. The van der Waals surface area contributed by atoms with Crippen LogP contribution in [-0.2, 0) is 14.3 Å². The molecule has 140 valence electrons. The standard InChI is InChI=1S/C19H16ClNO5S/c1-10-4-5-12(20)8-14(10)15-7-6-13(26-15)9-16-17(22)21(19(24)27-16)11(2)18(23)25-3/h4-9,11H,1-3H3/b16-9-/t11-/m1/s1. The molecule has 0 unspecified atom stereocenters. The van der Waals surface area contributed by atoms with Gasteiger partial charge in [0.05, 0.1) is 12.0 Å². The lowest BCUT2D eigenvalue weighted by Crippen LogP contribution is -2.42. The van der Waals surface area contributed by atoms with Crippen LogP contribution < -0.4 is 0 Å². The van der Waals surface area contributed by atoms with E-state index in [2.05, 4.69) is 4.74 Å². The highest BCUT2D eigenvalue weighted by Gasteiger charge is 2.41. The Morgan fingerprint density at radius 1 is 1.30 bits per heavy atom. The molecule has 1 saturated heterocycles. The van der Waals surface area contributed by atoms with E-state index in [9.17, 15) is 14.4 Å². The van der Waals surface area contributed by atoms with E-state index in [0.29, 0.717) is 16.5 Å². The average Bonchev–Trinajstić information content (AvgIpc) is 3.20. The highest BCUT2D eigenvalue weighted by molar-refractivity contribution is 8.18. The third-order valence-corrected chi connectivity index (χ3v) is 5.24. The molecule has 1 aliphatic rings. The van der Waals surface area contributed by atoms with Crippen LogP contribution in [0.25, 0.3) is 17.4 Å². The molecule has 1 aliphatic heterocycles. The number of furan rings is 1. The van der Waals surface area contributed by atoms with Gasteiger partial charge < -0.3 is 9.15 Å². The van der Waals surface area contributed by atoms with Crippen LogP contribution in [-0.4, -0.2) is 35.2 Å². The number of rotatable bonds is 4. The number of carbonyl (C=O) groups is 3. The number of hydrogen-bond donors (Lipinski definition) is 0. The first-order chi connectivity index (χ1) is 12.8. The number of aryl methyl sites for hydroxylation is 1. The Morgan fingerprint density at radius 3 is 2.74 bits per heavy atom. The topological polar surface area (TPSA) is 76.8 Å². The van der Waals surface area contributed by atoms with Gasteiger partial charge in [0.25, 0.3) is 11.1 Å². The lowest BCUT2D eigenvalue weighted by molar-refractivity contribution is -0.148. The number of amides is 2. The van der Waals surface area contributed by atoms with Crippen LogP contribution in [0, 0.1) is 6.92 Å². The molecular formula is C19H16ClNO5S. The quantitative estimate of drug-likeness (QED) is 0.550. The van der Waals surface area contributed by atoms with Crippen molar-refractivity contribution in [3.8, 4) is 11.3 Å². The Hall–Kier alpha value is -2.51. The van der Waals surface area contributed by atoms with Crippen LogP contribution in [0.1, 0.15) is 18.2 Å². The lowest BCUT2D eigenvalue weighted by atomic mass is 10.1. The number of carbonyl (C=O) groups excluding carboxylic acids is 3. The zero-order valence-corrected chi connectivity index (χ0v) is 16.4. The fourth-order valence-electron chi connectivity index (χ4n) is 2.65. The maximum absolute atomic E-state index is 12.5. The number of thioether (sulfide) groups is 1. The Bertz CT molecular complexity index is 965. The van der Waals surface area contributed by atoms with Gasteiger partial charge in [0.1, 0.15) is 17.6 Å². The molecule has 2 heterocycles. The number of esters is 1. The molecule has 3 rings (SSSR count). The summed E-state index contributed by atoms with van der Waals surface area (Å²) in [6.07, 6.45) is 1.48. The summed E-state index contributed by atoms with van der Waals surface area (Å²) in [5.41, 5.74) is 1.84. The molecule has 8 heteroatoms. The Labute approximate surface area is 165 Å². The fraction of sp³-hybridized carbons (Fsp3) is 0.211. The molecule has 0 aliphatic carbocycles. The van der Waals surface area contributed by atoms with Gasteiger partial charge in [0.2, 0.25) is 0 Å². The lowest BCUT2D eigenvalue weighted by Gasteiger charge is -2.18. The van der Waals surface area contributed by atoms with Gasteiger partial charge in [-0.2, -0.15) is 0 Å². The van der Waals surface area contributed by atoms with Crippen molar-refractivity contribution >= 4 is 46.6 Å². The fourth-order valence-corrected chi connectivity index (χ4v) is 3.71. The van der Waals surface area contributed by atoms with E-state index in [0.717, 1.165) is 27.8 Å². The van der Waals surface area contributed by atoms with E-state index in [4.69, 9.17) is 16.0 Å². The van der Waals surface area contributed by atoms with Gasteiger partial charge in [0.15, 0.2) is 0 Å². The number of ether oxygens (including phenoxy) is 1. The Balaban J connectivity index is 1.87. The average molecular weight is 406 g/mol. The normalized spacial score (nSPS) is 16.9. The largest absolute Gasteiger partial charge is 0.467 e. The first-order valence-corrected chi connectivity index (χ1v) is 9.22. The van der Waals surface area contributed by atoms with Gasteiger partial charge in [-0.1, -0.05) is 17.7 Å². The van der Waals surface area contributed by atoms with Gasteiger partial charge in [-0.25, -0.2) is 4.79 Å². The molecule has 1 fully saturated rings. The predicted octanol–water partition coefficient (Wildman–Crippen LogP) is 4.51. The zero-order chi connectivity index (χ0) is 19.7. The Kier molecular flexibility index (Phi) is 5.43. The summed E-state index contributed by atoms with van der Waals surface area (Å²) in [4.78, 5) is 37.3. The van der Waals surface area contributed by atoms with E-state index in [1.54, 1.807) is 24.3 Å². The van der Waals surface area contributed by atoms with E-state index >= 15 is 0 Å². The summed E-state index contributed by atoms with van der Waals surface area (Å²) >= 11 is 6.80. The highest BCUT2D eigenvalue weighted by Crippen LogP contribution is 2.35. The van der Waals surface area contributed by atoms with Crippen LogP contribution in [0.4, 0.5) is 4.79 Å². The summed E-state index contributed by atoms with van der Waals surface area (Å²) in [5.74, 6) is -0.195. The molecule has 1 aromatic heterocycles. The minimum atomic E-state index is -0.991. The SMILES string of the molecule is COC(=O)[C@@H](C)N1C(=O)S/C(=C\c2ccc(-c3cc(Cl)ccc3C)o2)C1=O. The third kappa shape index (κ3) is 3.79. The second kappa shape index (κ2) is 7.62. The third-order valence-electron chi connectivity index (χ3n) is 4.12. The van der Waals surface area contributed by atoms with Crippen LogP contribution in [0.15, 0.2) is 39.7 Å². The van der Waals surface area contributed by atoms with Gasteiger partial charge in [-0.3, -0.25) is 14.5 Å². The van der Waals surface area contributed by atoms with Crippen molar-refractivity contribution in [3.63, 3.8) is 0 Å². The van der Waals surface area contributed by atoms with E-state index in [1.807, 2.05) is 13.0 Å². The molecule has 0 radical (unpaired) electrons. The number of nitrogens with zero attached hydrogens (tertiary/aromatic N) is 1. The zero-order valence-electron chi connectivity index (χ0n) is 14.8. The minimum absolute atomic E-state index is 0.180. The number of methoxy groups -OCH3 is 1. The number of hydrogen-bond acceptors (Lipinski definition) is 6. The molecule has 0 spiro atoms. The molecular weight excluding hydrogens is 390 g/mol. The summed E-state index contributed by atoms with van der Waals surface area (Å²) in [5, 5.41) is 0.0630. The van der Waals surface area contributed by atoms with Crippen LogP contribution in [0.3, 0.4) is 0 Å². The maximum atomic E-state index is 12.5. The summed E-state index contributed by atoms with van der Waals surface area (Å²) in [7, 11) is 1.20. The smallest absolute Gasteiger partial charge is 0.328 e. The molecule has 6 nitrogen and oxygen atoms in total. The Morgan fingerprint density at radius 2 is 2.04 bits per heavy atom. The number of benzene rings is 1. The van der Waals surface area contributed by atoms with Gasteiger partial charge >= 0.3 is 5.97 Å².